The first kappa shape index (κ1) is 19.1. The van der Waals surface area contributed by atoms with E-state index in [1.54, 1.807) is 6.92 Å². The van der Waals surface area contributed by atoms with Crippen molar-refractivity contribution in [2.45, 2.75) is 25.8 Å². The summed E-state index contributed by atoms with van der Waals surface area (Å²) in [6, 6.07) is -0.779. The van der Waals surface area contributed by atoms with E-state index in [1.165, 1.54) is 0 Å². The van der Waals surface area contributed by atoms with Gasteiger partial charge in [0.1, 0.15) is 6.04 Å². The van der Waals surface area contributed by atoms with E-state index in [4.69, 9.17) is 16.6 Å². The molecule has 0 heterocycles. The van der Waals surface area contributed by atoms with Crippen LogP contribution in [-0.4, -0.2) is 29.5 Å². The van der Waals surface area contributed by atoms with Gasteiger partial charge in [-0.2, -0.15) is 0 Å². The molecule has 0 aromatic heterocycles. The van der Waals surface area contributed by atoms with Gasteiger partial charge in [0.25, 0.3) is 0 Å². The van der Waals surface area contributed by atoms with E-state index >= 15 is 0 Å². The fourth-order valence-corrected chi connectivity index (χ4v) is 0.690. The molecule has 0 aliphatic heterocycles. The maximum atomic E-state index is 10.2. The van der Waals surface area contributed by atoms with Crippen LogP contribution in [0.4, 0.5) is 0 Å². The fourth-order valence-electron chi connectivity index (χ4n) is 0.690. The highest BCUT2D eigenvalue weighted by Crippen LogP contribution is 1.94. The molecule has 0 unspecified atom stereocenters. The van der Waals surface area contributed by atoms with Crippen LogP contribution < -0.4 is 11.5 Å². The lowest BCUT2D eigenvalue weighted by Crippen LogP contribution is -2.30. The number of rotatable bonds is 5. The summed E-state index contributed by atoms with van der Waals surface area (Å²) in [7, 11) is 0. The molecule has 0 fully saturated rings. The zero-order chi connectivity index (χ0) is 9.56. The number of carboxylic acid groups (broad SMARTS) is 1. The quantitative estimate of drug-likeness (QED) is 0.371. The van der Waals surface area contributed by atoms with E-state index in [1.807, 2.05) is 0 Å². The lowest BCUT2D eigenvalue weighted by Gasteiger charge is -2.03. The Hall–Kier alpha value is -0.520. The van der Waals surface area contributed by atoms with Crippen molar-refractivity contribution in [3.63, 3.8) is 0 Å². The molecule has 0 amide bonds. The van der Waals surface area contributed by atoms with Crippen LogP contribution in [0, 0.1) is 0 Å². The number of halogens is 2. The molecular weight excluding hydrogens is 229 g/mol. The summed E-state index contributed by atoms with van der Waals surface area (Å²) in [5.41, 5.74) is 10.5. The molecule has 14 heavy (non-hydrogen) atoms. The predicted octanol–water partition coefficient (Wildman–Crippen LogP) is 0.399. The van der Waals surface area contributed by atoms with Crippen molar-refractivity contribution >= 4 is 36.6 Å². The SMILES string of the molecule is CC(N)=NCCC[C@H](N)C(=O)O.Cl.Cl. The average molecular weight is 246 g/mol. The van der Waals surface area contributed by atoms with E-state index < -0.39 is 12.0 Å². The smallest absolute Gasteiger partial charge is 0.320 e. The number of nitrogens with zero attached hydrogens (tertiary/aromatic N) is 1. The molecule has 0 spiro atoms. The lowest BCUT2D eigenvalue weighted by atomic mass is 10.2. The first-order valence-electron chi connectivity index (χ1n) is 3.79. The number of hydrogen-bond acceptors (Lipinski definition) is 3. The zero-order valence-corrected chi connectivity index (χ0v) is 9.61. The third-order valence-electron chi connectivity index (χ3n) is 1.35. The fraction of sp³-hybridized carbons (Fsp3) is 0.714. The molecule has 0 aromatic rings. The molecule has 0 saturated carbocycles. The minimum atomic E-state index is -0.969. The maximum Gasteiger partial charge on any atom is 0.320 e. The Labute approximate surface area is 95.8 Å². The van der Waals surface area contributed by atoms with Crippen molar-refractivity contribution in [1.29, 1.82) is 0 Å². The molecule has 0 radical (unpaired) electrons. The molecule has 86 valence electrons. The largest absolute Gasteiger partial charge is 0.480 e. The summed E-state index contributed by atoms with van der Waals surface area (Å²) in [4.78, 5) is 14.1. The normalized spacial score (nSPS) is 12.3. The molecule has 0 aliphatic rings. The number of aliphatic carboxylic acids is 1. The van der Waals surface area contributed by atoms with Crippen LogP contribution in [0.2, 0.25) is 0 Å². The average Bonchev–Trinajstić information content (AvgIpc) is 1.97. The third kappa shape index (κ3) is 11.5. The van der Waals surface area contributed by atoms with Gasteiger partial charge in [-0.25, -0.2) is 0 Å². The van der Waals surface area contributed by atoms with Gasteiger partial charge >= 0.3 is 5.97 Å². The maximum absolute atomic E-state index is 10.2. The molecule has 0 aliphatic carbocycles. The van der Waals surface area contributed by atoms with Crippen LogP contribution in [0.5, 0.6) is 0 Å². The Morgan fingerprint density at radius 1 is 1.50 bits per heavy atom. The molecule has 0 aromatic carbocycles. The lowest BCUT2D eigenvalue weighted by molar-refractivity contribution is -0.138. The van der Waals surface area contributed by atoms with Gasteiger partial charge in [0.15, 0.2) is 0 Å². The van der Waals surface area contributed by atoms with Gasteiger partial charge in [-0.05, 0) is 19.8 Å². The number of nitrogens with two attached hydrogens (primary N) is 2. The van der Waals surface area contributed by atoms with Crippen molar-refractivity contribution in [3.8, 4) is 0 Å². The highest BCUT2D eigenvalue weighted by atomic mass is 35.5. The van der Waals surface area contributed by atoms with Crippen molar-refractivity contribution in [2.24, 2.45) is 16.5 Å². The van der Waals surface area contributed by atoms with E-state index in [9.17, 15) is 4.79 Å². The molecule has 0 bridgehead atoms. The molecule has 1 atom stereocenters. The topological polar surface area (TPSA) is 102 Å². The molecule has 0 saturated heterocycles. The van der Waals surface area contributed by atoms with Crippen molar-refractivity contribution < 1.29 is 9.90 Å². The first-order valence-corrected chi connectivity index (χ1v) is 3.79. The summed E-state index contributed by atoms with van der Waals surface area (Å²) < 4.78 is 0. The summed E-state index contributed by atoms with van der Waals surface area (Å²) in [6.45, 7) is 2.24. The number of carbonyl (C=O) groups is 1. The van der Waals surface area contributed by atoms with Gasteiger partial charge < -0.3 is 16.6 Å². The summed E-state index contributed by atoms with van der Waals surface area (Å²) in [6.07, 6.45) is 1.09. The van der Waals surface area contributed by atoms with E-state index in [2.05, 4.69) is 4.99 Å². The van der Waals surface area contributed by atoms with Gasteiger partial charge in [-0.3, -0.25) is 9.79 Å². The summed E-state index contributed by atoms with van der Waals surface area (Å²) in [5, 5.41) is 8.40. The summed E-state index contributed by atoms with van der Waals surface area (Å²) in [5.74, 6) is -0.456. The van der Waals surface area contributed by atoms with Gasteiger partial charge in [-0.1, -0.05) is 0 Å². The molecular formula is C7H17Cl2N3O2. The minimum Gasteiger partial charge on any atom is -0.480 e. The van der Waals surface area contributed by atoms with Crippen LogP contribution >= 0.6 is 24.8 Å². The van der Waals surface area contributed by atoms with E-state index in [0.717, 1.165) is 0 Å². The van der Waals surface area contributed by atoms with Crippen molar-refractivity contribution in [3.05, 3.63) is 0 Å². The molecule has 0 rings (SSSR count). The standard InChI is InChI=1S/C7H15N3O2.2ClH/c1-5(8)10-4-2-3-6(9)7(11)12;;/h6H,2-4,9H2,1H3,(H2,8,10)(H,11,12);2*1H/t6-;;/m0../s1. The third-order valence-corrected chi connectivity index (χ3v) is 1.35. The van der Waals surface area contributed by atoms with E-state index in [0.29, 0.717) is 25.2 Å². The Morgan fingerprint density at radius 3 is 2.36 bits per heavy atom. The van der Waals surface area contributed by atoms with Crippen LogP contribution in [0.3, 0.4) is 0 Å². The van der Waals surface area contributed by atoms with Gasteiger partial charge in [0, 0.05) is 6.54 Å². The monoisotopic (exact) mass is 245 g/mol. The molecule has 5 N–H and O–H groups in total. The van der Waals surface area contributed by atoms with Gasteiger partial charge in [0.05, 0.1) is 5.84 Å². The van der Waals surface area contributed by atoms with Gasteiger partial charge in [0.2, 0.25) is 0 Å². The second-order valence-electron chi connectivity index (χ2n) is 2.61. The number of hydrogen-bond donors (Lipinski definition) is 3. The summed E-state index contributed by atoms with van der Waals surface area (Å²) >= 11 is 0. The van der Waals surface area contributed by atoms with Crippen LogP contribution in [0.1, 0.15) is 19.8 Å². The number of aliphatic imine (C=N–C) groups is 1. The predicted molar refractivity (Wildman–Crippen MR) is 61.5 cm³/mol. The van der Waals surface area contributed by atoms with Crippen LogP contribution in [-0.2, 0) is 4.79 Å². The minimum absolute atomic E-state index is 0. The Morgan fingerprint density at radius 2 is 2.00 bits per heavy atom. The number of amidine groups is 1. The first-order chi connectivity index (χ1) is 5.54. The Balaban J connectivity index is -0.000000605. The second-order valence-corrected chi connectivity index (χ2v) is 2.61. The zero-order valence-electron chi connectivity index (χ0n) is 7.97. The molecule has 5 nitrogen and oxygen atoms in total. The molecule has 7 heteroatoms. The highest BCUT2D eigenvalue weighted by Gasteiger charge is 2.09. The van der Waals surface area contributed by atoms with Crippen LogP contribution in [0.25, 0.3) is 0 Å². The van der Waals surface area contributed by atoms with Gasteiger partial charge in [-0.15, -0.1) is 24.8 Å². The number of carboxylic acids is 1. The Bertz CT molecular complexity index is 184. The van der Waals surface area contributed by atoms with E-state index in [-0.39, 0.29) is 24.8 Å². The highest BCUT2D eigenvalue weighted by molar-refractivity contribution is 5.85. The van der Waals surface area contributed by atoms with Crippen LogP contribution in [0.15, 0.2) is 4.99 Å². The van der Waals surface area contributed by atoms with Crippen molar-refractivity contribution in [1.82, 2.24) is 0 Å². The van der Waals surface area contributed by atoms with Crippen molar-refractivity contribution in [2.75, 3.05) is 6.54 Å². The Kier molecular flexibility index (Phi) is 14.4. The second kappa shape index (κ2) is 10.6.